The summed E-state index contributed by atoms with van der Waals surface area (Å²) in [5, 5.41) is 3.91. The molecule has 1 N–H and O–H groups in total. The van der Waals surface area contributed by atoms with Gasteiger partial charge in [0.05, 0.1) is 23.9 Å². The van der Waals surface area contributed by atoms with E-state index in [0.717, 1.165) is 17.2 Å². The van der Waals surface area contributed by atoms with E-state index in [-0.39, 0.29) is 36.3 Å². The molecule has 156 valence electrons. The van der Waals surface area contributed by atoms with Crippen LogP contribution in [0.4, 0.5) is 0 Å². The quantitative estimate of drug-likeness (QED) is 0.320. The monoisotopic (exact) mass is 549 g/mol. The van der Waals surface area contributed by atoms with Crippen molar-refractivity contribution in [1.82, 2.24) is 19.1 Å². The van der Waals surface area contributed by atoms with E-state index in [2.05, 4.69) is 10.3 Å². The van der Waals surface area contributed by atoms with Crippen LogP contribution in [0.2, 0.25) is 5.02 Å². The highest BCUT2D eigenvalue weighted by atomic mass is 127. The zero-order valence-electron chi connectivity index (χ0n) is 16.0. The van der Waals surface area contributed by atoms with Crippen LogP contribution in [-0.4, -0.2) is 78.6 Å². The Hall–Kier alpha value is -0.170. The first-order valence-corrected chi connectivity index (χ1v) is 11.8. The van der Waals surface area contributed by atoms with Crippen LogP contribution in [0.15, 0.2) is 17.3 Å². The van der Waals surface area contributed by atoms with E-state index in [1.165, 1.54) is 0 Å². The van der Waals surface area contributed by atoms with Gasteiger partial charge in [-0.1, -0.05) is 11.6 Å². The zero-order valence-corrected chi connectivity index (χ0v) is 20.7. The van der Waals surface area contributed by atoms with Crippen LogP contribution < -0.4 is 5.32 Å². The lowest BCUT2D eigenvalue weighted by atomic mass is 10.4. The van der Waals surface area contributed by atoms with Crippen molar-refractivity contribution in [1.29, 1.82) is 0 Å². The van der Waals surface area contributed by atoms with Crippen molar-refractivity contribution in [3.8, 4) is 0 Å². The first kappa shape index (κ1) is 24.9. The van der Waals surface area contributed by atoms with Crippen LogP contribution in [0.25, 0.3) is 0 Å². The molecular formula is C16H29ClIN5O2S2. The molecule has 11 heteroatoms. The SMILES string of the molecule is CCNC(=NCCS(=O)(=O)N1CCSCC1)N(C)Cc1cc(Cl)cn1C.I. The predicted molar refractivity (Wildman–Crippen MR) is 126 cm³/mol. The van der Waals surface area contributed by atoms with Crippen molar-refractivity contribution in [3.05, 3.63) is 23.0 Å². The maximum absolute atomic E-state index is 12.4. The van der Waals surface area contributed by atoms with Gasteiger partial charge in [0.25, 0.3) is 0 Å². The lowest BCUT2D eigenvalue weighted by molar-refractivity contribution is 0.443. The second-order valence-corrected chi connectivity index (χ2v) is 9.93. The molecule has 1 fully saturated rings. The standard InChI is InChI=1S/C16H28ClN5O2S2.HI/c1-4-18-16(21(3)13-15-11-14(17)12-20(15)2)19-5-10-26(23,24)22-6-8-25-9-7-22;/h11-12H,4-10,13H2,1-3H3,(H,18,19);1H. The van der Waals surface area contributed by atoms with Crippen molar-refractivity contribution < 1.29 is 8.42 Å². The van der Waals surface area contributed by atoms with Crippen molar-refractivity contribution in [2.45, 2.75) is 13.5 Å². The van der Waals surface area contributed by atoms with E-state index in [1.54, 1.807) is 16.1 Å². The summed E-state index contributed by atoms with van der Waals surface area (Å²) in [6, 6.07) is 1.92. The van der Waals surface area contributed by atoms with Crippen molar-refractivity contribution in [2.24, 2.45) is 12.0 Å². The summed E-state index contributed by atoms with van der Waals surface area (Å²) in [6.45, 7) is 4.78. The number of sulfonamides is 1. The summed E-state index contributed by atoms with van der Waals surface area (Å²) in [4.78, 5) is 6.48. The molecule has 0 aliphatic carbocycles. The summed E-state index contributed by atoms with van der Waals surface area (Å²) in [6.07, 6.45) is 1.86. The summed E-state index contributed by atoms with van der Waals surface area (Å²) < 4.78 is 28.4. The summed E-state index contributed by atoms with van der Waals surface area (Å²) in [5.41, 5.74) is 1.06. The molecule has 0 atom stereocenters. The molecule has 27 heavy (non-hydrogen) atoms. The molecule has 1 aromatic rings. The van der Waals surface area contributed by atoms with Crippen LogP contribution in [0.3, 0.4) is 0 Å². The van der Waals surface area contributed by atoms with Gasteiger partial charge in [-0.3, -0.25) is 4.99 Å². The van der Waals surface area contributed by atoms with Crippen molar-refractivity contribution in [2.75, 3.05) is 50.5 Å². The number of nitrogens with one attached hydrogen (secondary N) is 1. The van der Waals surface area contributed by atoms with Gasteiger partial charge in [-0.2, -0.15) is 11.8 Å². The first-order chi connectivity index (χ1) is 12.3. The number of hydrogen-bond acceptors (Lipinski definition) is 4. The lowest BCUT2D eigenvalue weighted by Gasteiger charge is -2.25. The van der Waals surface area contributed by atoms with Gasteiger partial charge in [-0.05, 0) is 13.0 Å². The molecule has 1 aliphatic heterocycles. The Balaban J connectivity index is 0.00000364. The normalized spacial score (nSPS) is 16.1. The molecule has 0 radical (unpaired) electrons. The van der Waals surface area contributed by atoms with Crippen LogP contribution >= 0.6 is 47.3 Å². The maximum Gasteiger partial charge on any atom is 0.215 e. The van der Waals surface area contributed by atoms with E-state index in [4.69, 9.17) is 11.6 Å². The smallest absolute Gasteiger partial charge is 0.215 e. The number of thioether (sulfide) groups is 1. The fourth-order valence-corrected chi connectivity index (χ4v) is 5.46. The van der Waals surface area contributed by atoms with Crippen molar-refractivity contribution in [3.63, 3.8) is 0 Å². The second-order valence-electron chi connectivity index (χ2n) is 6.18. The molecule has 2 rings (SSSR count). The fourth-order valence-electron chi connectivity index (χ4n) is 2.73. The Morgan fingerprint density at radius 1 is 1.41 bits per heavy atom. The molecule has 0 aromatic carbocycles. The summed E-state index contributed by atoms with van der Waals surface area (Å²) in [7, 11) is 0.639. The molecule has 7 nitrogen and oxygen atoms in total. The minimum atomic E-state index is -3.24. The number of halogens is 2. The number of hydrogen-bond donors (Lipinski definition) is 1. The topological polar surface area (TPSA) is 69.9 Å². The van der Waals surface area contributed by atoms with Gasteiger partial charge in [0.2, 0.25) is 10.0 Å². The lowest BCUT2D eigenvalue weighted by Crippen LogP contribution is -2.41. The van der Waals surface area contributed by atoms with Gasteiger partial charge >= 0.3 is 0 Å². The maximum atomic E-state index is 12.4. The van der Waals surface area contributed by atoms with Crippen molar-refractivity contribution >= 4 is 63.3 Å². The van der Waals surface area contributed by atoms with Gasteiger partial charge in [-0.25, -0.2) is 12.7 Å². The third-order valence-corrected chi connectivity index (χ3v) is 7.14. The highest BCUT2D eigenvalue weighted by molar-refractivity contribution is 14.0. The minimum Gasteiger partial charge on any atom is -0.357 e. The van der Waals surface area contributed by atoms with Crippen LogP contribution in [0.5, 0.6) is 0 Å². The third kappa shape index (κ3) is 7.64. The molecule has 0 unspecified atom stereocenters. The Morgan fingerprint density at radius 3 is 2.63 bits per heavy atom. The van der Waals surface area contributed by atoms with E-state index in [1.807, 2.05) is 42.7 Å². The molecule has 0 spiro atoms. The molecule has 1 aromatic heterocycles. The number of aryl methyl sites for hydroxylation is 1. The average molecular weight is 550 g/mol. The molecule has 2 heterocycles. The summed E-state index contributed by atoms with van der Waals surface area (Å²) in [5.74, 6) is 2.46. The third-order valence-electron chi connectivity index (χ3n) is 4.14. The van der Waals surface area contributed by atoms with E-state index < -0.39 is 10.0 Å². The zero-order chi connectivity index (χ0) is 19.2. The predicted octanol–water partition coefficient (Wildman–Crippen LogP) is 2.07. The summed E-state index contributed by atoms with van der Waals surface area (Å²) >= 11 is 7.84. The number of aliphatic imine (C=N–C) groups is 1. The first-order valence-electron chi connectivity index (χ1n) is 8.69. The number of aromatic nitrogens is 1. The fraction of sp³-hybridized carbons (Fsp3) is 0.688. The number of nitrogens with zero attached hydrogens (tertiary/aromatic N) is 4. The molecule has 0 bridgehead atoms. The molecular weight excluding hydrogens is 521 g/mol. The Kier molecular flexibility index (Phi) is 10.8. The van der Waals surface area contributed by atoms with E-state index in [9.17, 15) is 8.42 Å². The second kappa shape index (κ2) is 11.7. The van der Waals surface area contributed by atoms with Gasteiger partial charge in [0, 0.05) is 57.1 Å². The highest BCUT2D eigenvalue weighted by Gasteiger charge is 2.23. The number of guanidine groups is 1. The van der Waals surface area contributed by atoms with Gasteiger partial charge < -0.3 is 14.8 Å². The molecule has 1 saturated heterocycles. The van der Waals surface area contributed by atoms with Gasteiger partial charge in [0.1, 0.15) is 0 Å². The molecule has 0 amide bonds. The van der Waals surface area contributed by atoms with Crippen LogP contribution in [0.1, 0.15) is 12.6 Å². The van der Waals surface area contributed by atoms with E-state index >= 15 is 0 Å². The van der Waals surface area contributed by atoms with E-state index in [0.29, 0.717) is 37.2 Å². The van der Waals surface area contributed by atoms with Crippen LogP contribution in [0, 0.1) is 0 Å². The molecule has 0 saturated carbocycles. The van der Waals surface area contributed by atoms with Gasteiger partial charge in [0.15, 0.2) is 5.96 Å². The Labute approximate surface area is 189 Å². The Morgan fingerprint density at radius 2 is 2.07 bits per heavy atom. The number of rotatable bonds is 7. The average Bonchev–Trinajstić information content (AvgIpc) is 2.92. The van der Waals surface area contributed by atoms with Crippen LogP contribution in [-0.2, 0) is 23.6 Å². The highest BCUT2D eigenvalue weighted by Crippen LogP contribution is 2.15. The Bertz CT molecular complexity index is 720. The molecule has 1 aliphatic rings. The largest absolute Gasteiger partial charge is 0.357 e. The minimum absolute atomic E-state index is 0. The van der Waals surface area contributed by atoms with Gasteiger partial charge in [-0.15, -0.1) is 24.0 Å².